The molecular formula is C19H22ClN3O4S. The summed E-state index contributed by atoms with van der Waals surface area (Å²) in [5.41, 5.74) is 1.15. The van der Waals surface area contributed by atoms with Crippen molar-refractivity contribution in [3.8, 4) is 0 Å². The zero-order valence-corrected chi connectivity index (χ0v) is 17.7. The highest BCUT2D eigenvalue weighted by Gasteiger charge is 2.28. The lowest BCUT2D eigenvalue weighted by molar-refractivity contribution is 0.0601. The minimum atomic E-state index is -0.620. The second-order valence-electron chi connectivity index (χ2n) is 5.82. The molecule has 3 amide bonds. The average Bonchev–Trinajstić information content (AvgIpc) is 2.97. The maximum atomic E-state index is 12.8. The van der Waals surface area contributed by atoms with E-state index in [0.29, 0.717) is 34.2 Å². The molecule has 0 saturated heterocycles. The van der Waals surface area contributed by atoms with Gasteiger partial charge in [-0.3, -0.25) is 10.1 Å². The molecule has 2 aromatic rings. The molecule has 0 bridgehead atoms. The highest BCUT2D eigenvalue weighted by Crippen LogP contribution is 2.34. The van der Waals surface area contributed by atoms with E-state index in [4.69, 9.17) is 16.3 Å². The number of rotatable bonds is 6. The molecular weight excluding hydrogens is 402 g/mol. The summed E-state index contributed by atoms with van der Waals surface area (Å²) in [6.07, 6.45) is 0. The number of carbonyl (C=O) groups excluding carboxylic acids is 3. The number of amides is 3. The number of hydrogen-bond acceptors (Lipinski definition) is 5. The van der Waals surface area contributed by atoms with Gasteiger partial charge in [0.15, 0.2) is 0 Å². The fourth-order valence-corrected chi connectivity index (χ4v) is 3.99. The van der Waals surface area contributed by atoms with Gasteiger partial charge in [0.05, 0.1) is 17.6 Å². The Labute approximate surface area is 172 Å². The van der Waals surface area contributed by atoms with E-state index in [1.165, 1.54) is 7.11 Å². The van der Waals surface area contributed by atoms with E-state index in [9.17, 15) is 14.4 Å². The summed E-state index contributed by atoms with van der Waals surface area (Å²) in [6, 6.07) is 6.11. The number of nitrogens with one attached hydrogen (secondary N) is 2. The number of thiophene rings is 1. The van der Waals surface area contributed by atoms with Crippen LogP contribution in [0.5, 0.6) is 0 Å². The number of benzene rings is 1. The normalized spacial score (nSPS) is 10.3. The largest absolute Gasteiger partial charge is 0.465 e. The number of halogens is 1. The van der Waals surface area contributed by atoms with Gasteiger partial charge in [0.1, 0.15) is 5.00 Å². The maximum absolute atomic E-state index is 12.8. The smallest absolute Gasteiger partial charge is 0.341 e. The van der Waals surface area contributed by atoms with Crippen LogP contribution in [-0.4, -0.2) is 43.0 Å². The summed E-state index contributed by atoms with van der Waals surface area (Å²) in [6.45, 7) is 6.50. The topological polar surface area (TPSA) is 87.7 Å². The molecule has 0 fully saturated rings. The molecule has 0 unspecified atom stereocenters. The van der Waals surface area contributed by atoms with E-state index < -0.39 is 12.0 Å². The van der Waals surface area contributed by atoms with Gasteiger partial charge in [-0.05, 0) is 44.5 Å². The minimum absolute atomic E-state index is 0.171. The monoisotopic (exact) mass is 423 g/mol. The minimum Gasteiger partial charge on any atom is -0.465 e. The molecule has 9 heteroatoms. The lowest BCUT2D eigenvalue weighted by Gasteiger charge is -2.17. The first-order chi connectivity index (χ1) is 13.3. The van der Waals surface area contributed by atoms with Gasteiger partial charge < -0.3 is 15.0 Å². The Hall–Kier alpha value is -2.58. The summed E-state index contributed by atoms with van der Waals surface area (Å²) >= 11 is 6.97. The molecule has 28 heavy (non-hydrogen) atoms. The zero-order chi connectivity index (χ0) is 20.8. The van der Waals surface area contributed by atoms with Crippen LogP contribution in [0.15, 0.2) is 24.3 Å². The van der Waals surface area contributed by atoms with Crippen LogP contribution in [0.2, 0.25) is 5.02 Å². The number of carbonyl (C=O) groups is 3. The lowest BCUT2D eigenvalue weighted by Crippen LogP contribution is -2.30. The van der Waals surface area contributed by atoms with Gasteiger partial charge in [-0.1, -0.05) is 17.7 Å². The van der Waals surface area contributed by atoms with Crippen LogP contribution in [0.3, 0.4) is 0 Å². The van der Waals surface area contributed by atoms with Crippen LogP contribution in [-0.2, 0) is 4.74 Å². The van der Waals surface area contributed by atoms with E-state index in [-0.39, 0.29) is 16.5 Å². The molecule has 1 heterocycles. The Bertz CT molecular complexity index is 893. The SMILES string of the molecule is CCN(CC)C(=O)c1sc(NC(=O)Nc2cccc(Cl)c2)c(C(=O)OC)c1C. The molecule has 0 aliphatic rings. The summed E-state index contributed by atoms with van der Waals surface area (Å²) in [5.74, 6) is -0.814. The molecule has 7 nitrogen and oxygen atoms in total. The molecule has 1 aromatic heterocycles. The van der Waals surface area contributed by atoms with Crippen molar-refractivity contribution in [2.75, 3.05) is 30.8 Å². The first kappa shape index (κ1) is 21.7. The summed E-state index contributed by atoms with van der Waals surface area (Å²) in [4.78, 5) is 39.4. The first-order valence-electron chi connectivity index (χ1n) is 8.66. The fourth-order valence-electron chi connectivity index (χ4n) is 2.64. The van der Waals surface area contributed by atoms with Gasteiger partial charge in [0.25, 0.3) is 5.91 Å². The van der Waals surface area contributed by atoms with Gasteiger partial charge in [-0.25, -0.2) is 9.59 Å². The van der Waals surface area contributed by atoms with Crippen molar-refractivity contribution < 1.29 is 19.1 Å². The predicted octanol–water partition coefficient (Wildman–Crippen LogP) is 4.62. The van der Waals surface area contributed by atoms with Crippen molar-refractivity contribution >= 4 is 51.5 Å². The third-order valence-electron chi connectivity index (χ3n) is 4.09. The van der Waals surface area contributed by atoms with Crippen molar-refractivity contribution in [1.82, 2.24) is 4.90 Å². The Morgan fingerprint density at radius 2 is 1.86 bits per heavy atom. The first-order valence-corrected chi connectivity index (χ1v) is 9.86. The third-order valence-corrected chi connectivity index (χ3v) is 5.52. The molecule has 0 aliphatic heterocycles. The second-order valence-corrected chi connectivity index (χ2v) is 7.28. The van der Waals surface area contributed by atoms with Crippen molar-refractivity contribution in [2.24, 2.45) is 0 Å². The molecule has 0 aliphatic carbocycles. The number of nitrogens with zero attached hydrogens (tertiary/aromatic N) is 1. The van der Waals surface area contributed by atoms with E-state index in [0.717, 1.165) is 11.3 Å². The molecule has 0 radical (unpaired) electrons. The van der Waals surface area contributed by atoms with E-state index >= 15 is 0 Å². The van der Waals surface area contributed by atoms with Crippen LogP contribution >= 0.6 is 22.9 Å². The lowest BCUT2D eigenvalue weighted by atomic mass is 10.1. The predicted molar refractivity (Wildman–Crippen MR) is 112 cm³/mol. The zero-order valence-electron chi connectivity index (χ0n) is 16.1. The maximum Gasteiger partial charge on any atom is 0.341 e. The van der Waals surface area contributed by atoms with Gasteiger partial charge in [-0.2, -0.15) is 0 Å². The van der Waals surface area contributed by atoms with Crippen LogP contribution in [0.25, 0.3) is 0 Å². The highest BCUT2D eigenvalue weighted by atomic mass is 35.5. The van der Waals surface area contributed by atoms with Gasteiger partial charge in [0.2, 0.25) is 0 Å². The molecule has 150 valence electrons. The number of hydrogen-bond donors (Lipinski definition) is 2. The number of anilines is 2. The number of ether oxygens (including phenoxy) is 1. The van der Waals surface area contributed by atoms with Crippen molar-refractivity contribution in [3.63, 3.8) is 0 Å². The van der Waals surface area contributed by atoms with Crippen LogP contribution < -0.4 is 10.6 Å². The van der Waals surface area contributed by atoms with Crippen LogP contribution in [0.1, 0.15) is 39.4 Å². The third kappa shape index (κ3) is 4.82. The Balaban J connectivity index is 2.34. The van der Waals surface area contributed by atoms with Crippen LogP contribution in [0, 0.1) is 6.92 Å². The molecule has 0 atom stereocenters. The number of esters is 1. The summed E-state index contributed by atoms with van der Waals surface area (Å²) < 4.78 is 4.83. The average molecular weight is 424 g/mol. The van der Waals surface area contributed by atoms with Crippen molar-refractivity contribution in [2.45, 2.75) is 20.8 Å². The van der Waals surface area contributed by atoms with Crippen LogP contribution in [0.4, 0.5) is 15.5 Å². The molecule has 2 rings (SSSR count). The standard InChI is InChI=1S/C19H22ClN3O4S/c1-5-23(6-2)17(24)15-11(3)14(18(25)27-4)16(28-15)22-19(26)21-13-9-7-8-12(20)10-13/h7-10H,5-6H2,1-4H3,(H2,21,22,26). The molecule has 2 N–H and O–H groups in total. The fraction of sp³-hybridized carbons (Fsp3) is 0.316. The quantitative estimate of drug-likeness (QED) is 0.663. The molecule has 0 spiro atoms. The van der Waals surface area contributed by atoms with Crippen molar-refractivity contribution in [1.29, 1.82) is 0 Å². The van der Waals surface area contributed by atoms with E-state index in [1.54, 1.807) is 36.1 Å². The van der Waals surface area contributed by atoms with E-state index in [1.807, 2.05) is 13.8 Å². The molecule has 0 saturated carbocycles. The van der Waals surface area contributed by atoms with Crippen molar-refractivity contribution in [3.05, 3.63) is 45.3 Å². The Morgan fingerprint density at radius 1 is 1.18 bits per heavy atom. The molecule has 1 aromatic carbocycles. The van der Waals surface area contributed by atoms with E-state index in [2.05, 4.69) is 10.6 Å². The Morgan fingerprint density at radius 3 is 2.43 bits per heavy atom. The number of urea groups is 1. The number of methoxy groups -OCH3 is 1. The highest BCUT2D eigenvalue weighted by molar-refractivity contribution is 7.18. The Kier molecular flexibility index (Phi) is 7.42. The summed E-state index contributed by atoms with van der Waals surface area (Å²) in [5, 5.41) is 6.01. The second kappa shape index (κ2) is 9.57. The van der Waals surface area contributed by atoms with Gasteiger partial charge >= 0.3 is 12.0 Å². The summed E-state index contributed by atoms with van der Waals surface area (Å²) in [7, 11) is 1.25. The van der Waals surface area contributed by atoms with Gasteiger partial charge in [-0.15, -0.1) is 11.3 Å². The van der Waals surface area contributed by atoms with Gasteiger partial charge in [0, 0.05) is 23.8 Å².